The van der Waals surface area contributed by atoms with Gasteiger partial charge in [0.05, 0.1) is 22.5 Å². The topological polar surface area (TPSA) is 52.9 Å². The lowest BCUT2D eigenvalue weighted by atomic mass is 9.78. The Morgan fingerprint density at radius 2 is 1.69 bits per heavy atom. The number of carbonyl (C=O) groups is 1. The average Bonchev–Trinajstić information content (AvgIpc) is 3.31. The summed E-state index contributed by atoms with van der Waals surface area (Å²) < 4.78 is 14.2. The Balaban J connectivity index is 1.52. The molecule has 0 fully saturated rings. The number of aliphatic imine (C=N–C) groups is 1. The number of nitrogens with zero attached hydrogens (tertiary/aromatic N) is 2. The molecule has 0 atom stereocenters. The first-order chi connectivity index (χ1) is 16.8. The molecule has 0 bridgehead atoms. The molecule has 1 aliphatic carbocycles. The molecule has 3 aliphatic rings. The van der Waals surface area contributed by atoms with Crippen LogP contribution in [0.5, 0.6) is 0 Å². The molecule has 3 aromatic carbocycles. The predicted octanol–water partition coefficient (Wildman–Crippen LogP) is 6.42. The largest absolute Gasteiger partial charge is 0.506 e. The Hall–Kier alpha value is -4.25. The molecule has 6 rings (SSSR count). The number of fused-ring (bicyclic) bond motifs is 2. The molecule has 0 unspecified atom stereocenters. The zero-order valence-electron chi connectivity index (χ0n) is 19.6. The van der Waals surface area contributed by atoms with Crippen LogP contribution in [-0.4, -0.2) is 23.6 Å². The van der Waals surface area contributed by atoms with Crippen molar-refractivity contribution in [2.24, 2.45) is 4.99 Å². The number of ketones is 1. The van der Waals surface area contributed by atoms with E-state index in [9.17, 15) is 14.3 Å². The number of carbonyl (C=O) groups excluding carboxylic acids is 1. The number of allylic oxidation sites excluding steroid dienone is 5. The molecule has 2 heterocycles. The van der Waals surface area contributed by atoms with E-state index in [0.29, 0.717) is 22.5 Å². The van der Waals surface area contributed by atoms with Crippen LogP contribution in [0.15, 0.2) is 106 Å². The number of halogens is 1. The molecule has 0 spiro atoms. The van der Waals surface area contributed by atoms with Crippen LogP contribution in [0.1, 0.15) is 30.5 Å². The second kappa shape index (κ2) is 7.37. The molecule has 0 saturated carbocycles. The van der Waals surface area contributed by atoms with Crippen LogP contribution in [0.3, 0.4) is 0 Å². The number of hydrogen-bond acceptors (Lipinski definition) is 4. The van der Waals surface area contributed by atoms with E-state index in [2.05, 4.69) is 35.9 Å². The first-order valence-corrected chi connectivity index (χ1v) is 11.5. The molecule has 35 heavy (non-hydrogen) atoms. The zero-order chi connectivity index (χ0) is 24.5. The first kappa shape index (κ1) is 21.3. The van der Waals surface area contributed by atoms with Crippen LogP contribution in [0.25, 0.3) is 5.57 Å². The average molecular weight is 463 g/mol. The monoisotopic (exact) mass is 462 g/mol. The number of aliphatic hydroxyl groups excluding tert-OH is 1. The highest BCUT2D eigenvalue weighted by Crippen LogP contribution is 2.49. The molecule has 0 saturated heterocycles. The van der Waals surface area contributed by atoms with Crippen molar-refractivity contribution in [3.63, 3.8) is 0 Å². The van der Waals surface area contributed by atoms with Gasteiger partial charge in [-0.25, -0.2) is 9.38 Å². The van der Waals surface area contributed by atoms with E-state index >= 15 is 0 Å². The molecule has 4 nitrogen and oxygen atoms in total. The fraction of sp³-hybridized carbons (Fsp3) is 0.133. The fourth-order valence-corrected chi connectivity index (χ4v) is 5.35. The molecule has 0 amide bonds. The fourth-order valence-electron chi connectivity index (χ4n) is 5.35. The Kier molecular flexibility index (Phi) is 4.49. The maximum atomic E-state index is 14.2. The summed E-state index contributed by atoms with van der Waals surface area (Å²) >= 11 is 0. The minimum absolute atomic E-state index is 0.0848. The number of para-hydroxylation sites is 1. The number of hydrogen-bond donors (Lipinski definition) is 1. The van der Waals surface area contributed by atoms with Gasteiger partial charge in [-0.3, -0.25) is 4.79 Å². The van der Waals surface area contributed by atoms with Gasteiger partial charge in [-0.05, 0) is 35.9 Å². The molecule has 2 aliphatic heterocycles. The van der Waals surface area contributed by atoms with E-state index in [1.54, 1.807) is 12.1 Å². The van der Waals surface area contributed by atoms with Crippen molar-refractivity contribution < 1.29 is 14.3 Å². The van der Waals surface area contributed by atoms with Crippen molar-refractivity contribution in [3.8, 4) is 0 Å². The third-order valence-corrected chi connectivity index (χ3v) is 7.18. The van der Waals surface area contributed by atoms with E-state index in [1.165, 1.54) is 12.1 Å². The van der Waals surface area contributed by atoms with Crippen LogP contribution in [0.4, 0.5) is 15.8 Å². The van der Waals surface area contributed by atoms with Gasteiger partial charge >= 0.3 is 0 Å². The van der Waals surface area contributed by atoms with Gasteiger partial charge < -0.3 is 10.0 Å². The van der Waals surface area contributed by atoms with Gasteiger partial charge in [-0.1, -0.05) is 62.4 Å². The third kappa shape index (κ3) is 2.98. The lowest BCUT2D eigenvalue weighted by molar-refractivity contribution is -0.113. The standard InChI is InChI=1S/C30H23FN2O2/c1-30(2)21-11-7-8-12-23(21)33(3)24(30)16-20-28(34)26(29(20)35)25-19-15-18(31)13-14-22(19)32-27(25)17-9-5-4-6-10-17/h4-16,34H,1-3H3. The van der Waals surface area contributed by atoms with Gasteiger partial charge in [0.1, 0.15) is 11.6 Å². The third-order valence-electron chi connectivity index (χ3n) is 7.18. The highest BCUT2D eigenvalue weighted by atomic mass is 19.1. The molecule has 0 radical (unpaired) electrons. The van der Waals surface area contributed by atoms with Crippen LogP contribution in [0.2, 0.25) is 0 Å². The van der Waals surface area contributed by atoms with Gasteiger partial charge in [-0.15, -0.1) is 0 Å². The first-order valence-electron chi connectivity index (χ1n) is 11.5. The van der Waals surface area contributed by atoms with Gasteiger partial charge in [0, 0.05) is 40.5 Å². The van der Waals surface area contributed by atoms with Crippen LogP contribution in [0, 0.1) is 5.82 Å². The van der Waals surface area contributed by atoms with Gasteiger partial charge in [0.2, 0.25) is 5.78 Å². The summed E-state index contributed by atoms with van der Waals surface area (Å²) in [5.41, 5.74) is 6.18. The summed E-state index contributed by atoms with van der Waals surface area (Å²) in [4.78, 5) is 20.3. The maximum absolute atomic E-state index is 14.2. The van der Waals surface area contributed by atoms with Crippen molar-refractivity contribution >= 4 is 28.4 Å². The van der Waals surface area contributed by atoms with Crippen molar-refractivity contribution in [1.82, 2.24) is 0 Å². The lowest BCUT2D eigenvalue weighted by Gasteiger charge is -2.28. The Morgan fingerprint density at radius 1 is 0.971 bits per heavy atom. The van der Waals surface area contributed by atoms with E-state index < -0.39 is 5.82 Å². The zero-order valence-corrected chi connectivity index (χ0v) is 19.6. The Labute approximate surface area is 203 Å². The summed E-state index contributed by atoms with van der Waals surface area (Å²) in [5, 5.41) is 11.2. The molecular weight excluding hydrogens is 439 g/mol. The highest BCUT2D eigenvalue weighted by molar-refractivity contribution is 6.43. The number of rotatable bonds is 2. The lowest BCUT2D eigenvalue weighted by Crippen LogP contribution is -2.28. The van der Waals surface area contributed by atoms with E-state index in [-0.39, 0.29) is 28.1 Å². The number of anilines is 1. The number of Topliss-reactive ketones (excluding diaryl/α,β-unsaturated/α-hetero) is 1. The summed E-state index contributed by atoms with van der Waals surface area (Å²) in [7, 11) is 1.97. The molecule has 5 heteroatoms. The summed E-state index contributed by atoms with van der Waals surface area (Å²) in [6.45, 7) is 4.22. The van der Waals surface area contributed by atoms with Gasteiger partial charge in [0.25, 0.3) is 0 Å². The van der Waals surface area contributed by atoms with Gasteiger partial charge in [0.15, 0.2) is 0 Å². The van der Waals surface area contributed by atoms with Crippen molar-refractivity contribution in [3.05, 3.63) is 124 Å². The molecular formula is C30H23FN2O2. The summed E-state index contributed by atoms with van der Waals surface area (Å²) in [6, 6.07) is 21.9. The second-order valence-corrected chi connectivity index (χ2v) is 9.56. The summed E-state index contributed by atoms with van der Waals surface area (Å²) in [5.74, 6) is -0.777. The Bertz CT molecular complexity index is 1560. The number of benzene rings is 3. The molecule has 172 valence electrons. The van der Waals surface area contributed by atoms with Crippen molar-refractivity contribution in [2.45, 2.75) is 19.3 Å². The highest BCUT2D eigenvalue weighted by Gasteiger charge is 2.43. The minimum Gasteiger partial charge on any atom is -0.506 e. The van der Waals surface area contributed by atoms with Crippen molar-refractivity contribution in [2.75, 3.05) is 11.9 Å². The second-order valence-electron chi connectivity index (χ2n) is 9.56. The van der Waals surface area contributed by atoms with E-state index in [0.717, 1.165) is 22.5 Å². The molecule has 3 aromatic rings. The Morgan fingerprint density at radius 3 is 2.40 bits per heavy atom. The predicted molar refractivity (Wildman–Crippen MR) is 137 cm³/mol. The maximum Gasteiger partial charge on any atom is 0.201 e. The van der Waals surface area contributed by atoms with Gasteiger partial charge in [-0.2, -0.15) is 0 Å². The summed E-state index contributed by atoms with van der Waals surface area (Å²) in [6.07, 6.45) is 1.78. The van der Waals surface area contributed by atoms with Crippen molar-refractivity contribution in [1.29, 1.82) is 0 Å². The van der Waals surface area contributed by atoms with E-state index in [4.69, 9.17) is 0 Å². The minimum atomic E-state index is -0.420. The number of aliphatic hydroxyl groups is 1. The van der Waals surface area contributed by atoms with Crippen LogP contribution in [-0.2, 0) is 10.2 Å². The quantitative estimate of drug-likeness (QED) is 0.447. The van der Waals surface area contributed by atoms with Crippen LogP contribution >= 0.6 is 0 Å². The molecule has 0 aromatic heterocycles. The smallest absolute Gasteiger partial charge is 0.201 e. The molecule has 1 N–H and O–H groups in total. The van der Waals surface area contributed by atoms with Crippen LogP contribution < -0.4 is 4.90 Å². The van der Waals surface area contributed by atoms with E-state index in [1.807, 2.05) is 49.5 Å². The SMILES string of the molecule is CN1C(=CC2=C(O)C(=C3C(c4ccccc4)=Nc4ccc(F)cc43)C2=O)C(C)(C)c2ccccc21. The normalized spacial score (nSPS) is 21.3. The number of likely N-dealkylation sites (N-methyl/N-ethyl adjacent to an activating group) is 1.